The SMILES string of the molecule is CSc1cc(C(=O)N2C[C@H]3COCC[C@@]3(C(=O)O)C2)c(Cl)cc1Cl. The van der Waals surface area contributed by atoms with Gasteiger partial charge >= 0.3 is 5.97 Å². The number of aliphatic carboxylic acids is 1. The van der Waals surface area contributed by atoms with Crippen LogP contribution in [0.3, 0.4) is 0 Å². The van der Waals surface area contributed by atoms with Gasteiger partial charge in [-0.15, -0.1) is 11.8 Å². The summed E-state index contributed by atoms with van der Waals surface area (Å²) in [5, 5.41) is 10.5. The Morgan fingerprint density at radius 1 is 1.38 bits per heavy atom. The summed E-state index contributed by atoms with van der Waals surface area (Å²) in [4.78, 5) is 27.1. The molecule has 5 nitrogen and oxygen atoms in total. The molecule has 2 saturated heterocycles. The third kappa shape index (κ3) is 2.90. The Kier molecular flexibility index (Phi) is 5.02. The van der Waals surface area contributed by atoms with E-state index in [1.54, 1.807) is 17.0 Å². The molecule has 3 rings (SSSR count). The van der Waals surface area contributed by atoms with Gasteiger partial charge in [-0.3, -0.25) is 9.59 Å². The van der Waals surface area contributed by atoms with Crippen LogP contribution in [-0.2, 0) is 9.53 Å². The van der Waals surface area contributed by atoms with Crippen LogP contribution >= 0.6 is 35.0 Å². The summed E-state index contributed by atoms with van der Waals surface area (Å²) in [5.41, 5.74) is -0.569. The summed E-state index contributed by atoms with van der Waals surface area (Å²) in [6.45, 7) is 1.31. The zero-order valence-corrected chi connectivity index (χ0v) is 15.4. The second kappa shape index (κ2) is 6.75. The van der Waals surface area contributed by atoms with E-state index < -0.39 is 11.4 Å². The number of nitrogens with zero attached hydrogens (tertiary/aromatic N) is 1. The average Bonchev–Trinajstić information content (AvgIpc) is 2.95. The van der Waals surface area contributed by atoms with Gasteiger partial charge in [0.2, 0.25) is 0 Å². The lowest BCUT2D eigenvalue weighted by Crippen LogP contribution is -2.45. The number of benzene rings is 1. The first kappa shape index (κ1) is 17.9. The molecule has 8 heteroatoms. The first-order valence-electron chi connectivity index (χ1n) is 7.52. The first-order valence-corrected chi connectivity index (χ1v) is 9.50. The molecule has 0 unspecified atom stereocenters. The fourth-order valence-electron chi connectivity index (χ4n) is 3.47. The van der Waals surface area contributed by atoms with Crippen molar-refractivity contribution in [3.63, 3.8) is 0 Å². The maximum Gasteiger partial charge on any atom is 0.311 e. The number of carboxylic acid groups (broad SMARTS) is 1. The summed E-state index contributed by atoms with van der Waals surface area (Å²) in [5.74, 6) is -1.32. The lowest BCUT2D eigenvalue weighted by atomic mass is 9.74. The average molecular weight is 390 g/mol. The van der Waals surface area contributed by atoms with Crippen molar-refractivity contribution in [3.8, 4) is 0 Å². The highest BCUT2D eigenvalue weighted by molar-refractivity contribution is 7.98. The molecule has 1 aromatic rings. The smallest absolute Gasteiger partial charge is 0.311 e. The molecule has 24 heavy (non-hydrogen) atoms. The third-order valence-electron chi connectivity index (χ3n) is 4.89. The van der Waals surface area contributed by atoms with Crippen molar-refractivity contribution in [2.45, 2.75) is 11.3 Å². The minimum atomic E-state index is -0.921. The molecular formula is C16H17Cl2NO4S. The molecule has 0 saturated carbocycles. The lowest BCUT2D eigenvalue weighted by Gasteiger charge is -2.33. The zero-order chi connectivity index (χ0) is 17.5. The standard InChI is InChI=1S/C16H17Cl2NO4S/c1-24-13-4-10(11(17)5-12(13)18)14(20)19-6-9-7-23-3-2-16(9,8-19)15(21)22/h4-5,9H,2-3,6-8H2,1H3,(H,21,22)/t9-,16+/m0/s1. The lowest BCUT2D eigenvalue weighted by molar-refractivity contribution is -0.157. The Bertz CT molecular complexity index is 699. The van der Waals surface area contributed by atoms with Crippen LogP contribution in [-0.4, -0.2) is 54.4 Å². The number of rotatable bonds is 3. The second-order valence-corrected chi connectivity index (χ2v) is 7.80. The number of hydrogen-bond acceptors (Lipinski definition) is 4. The van der Waals surface area contributed by atoms with Crippen LogP contribution in [0, 0.1) is 11.3 Å². The molecule has 2 aliphatic heterocycles. The van der Waals surface area contributed by atoms with Crippen molar-refractivity contribution < 1.29 is 19.4 Å². The zero-order valence-electron chi connectivity index (χ0n) is 13.1. The molecule has 1 N–H and O–H groups in total. The molecule has 1 aromatic carbocycles. The third-order valence-corrected chi connectivity index (χ3v) is 6.41. The molecule has 130 valence electrons. The van der Waals surface area contributed by atoms with Gasteiger partial charge in [-0.05, 0) is 24.8 Å². The first-order chi connectivity index (χ1) is 11.4. The number of halogens is 2. The minimum absolute atomic E-state index is 0.183. The predicted molar refractivity (Wildman–Crippen MR) is 93.1 cm³/mol. The number of fused-ring (bicyclic) bond motifs is 1. The Morgan fingerprint density at radius 2 is 2.12 bits per heavy atom. The molecule has 2 aliphatic rings. The van der Waals surface area contributed by atoms with E-state index in [2.05, 4.69) is 0 Å². The fraction of sp³-hybridized carbons (Fsp3) is 0.500. The molecule has 2 fully saturated rings. The van der Waals surface area contributed by atoms with Crippen LogP contribution in [0.15, 0.2) is 17.0 Å². The Labute approximate surface area is 154 Å². The van der Waals surface area contributed by atoms with E-state index in [4.69, 9.17) is 27.9 Å². The number of ether oxygens (including phenoxy) is 1. The number of carbonyl (C=O) groups is 2. The van der Waals surface area contributed by atoms with E-state index in [9.17, 15) is 14.7 Å². The number of carbonyl (C=O) groups excluding carboxylic acids is 1. The second-order valence-electron chi connectivity index (χ2n) is 6.14. The van der Waals surface area contributed by atoms with Crippen molar-refractivity contribution >= 4 is 46.8 Å². The highest BCUT2D eigenvalue weighted by atomic mass is 35.5. The van der Waals surface area contributed by atoms with Crippen molar-refractivity contribution in [1.29, 1.82) is 0 Å². The fourth-order valence-corrected chi connectivity index (χ4v) is 4.66. The summed E-state index contributed by atoms with van der Waals surface area (Å²) < 4.78 is 5.42. The largest absolute Gasteiger partial charge is 0.481 e. The summed E-state index contributed by atoms with van der Waals surface area (Å²) in [6, 6.07) is 3.23. The normalized spacial score (nSPS) is 26.3. The number of hydrogen-bond donors (Lipinski definition) is 1. The van der Waals surface area contributed by atoms with Crippen LogP contribution in [0.25, 0.3) is 0 Å². The molecule has 0 radical (unpaired) electrons. The van der Waals surface area contributed by atoms with Crippen LogP contribution in [0.1, 0.15) is 16.8 Å². The Balaban J connectivity index is 1.91. The van der Waals surface area contributed by atoms with E-state index >= 15 is 0 Å². The van der Waals surface area contributed by atoms with Crippen molar-refractivity contribution in [2.24, 2.45) is 11.3 Å². The summed E-state index contributed by atoms with van der Waals surface area (Å²) in [6.07, 6.45) is 2.28. The van der Waals surface area contributed by atoms with E-state index in [0.717, 1.165) is 4.90 Å². The minimum Gasteiger partial charge on any atom is -0.481 e. The molecular weight excluding hydrogens is 373 g/mol. The van der Waals surface area contributed by atoms with Crippen LogP contribution in [0.5, 0.6) is 0 Å². The van der Waals surface area contributed by atoms with Gasteiger partial charge in [0.1, 0.15) is 0 Å². The van der Waals surface area contributed by atoms with E-state index in [0.29, 0.717) is 36.8 Å². The maximum atomic E-state index is 12.9. The van der Waals surface area contributed by atoms with Crippen LogP contribution in [0.4, 0.5) is 0 Å². The number of amides is 1. The molecule has 0 aromatic heterocycles. The predicted octanol–water partition coefficient (Wildman–Crippen LogP) is 3.28. The number of carboxylic acids is 1. The maximum absolute atomic E-state index is 12.9. The number of thioether (sulfide) groups is 1. The Hall–Kier alpha value is -0.950. The van der Waals surface area contributed by atoms with E-state index in [1.807, 2.05) is 6.26 Å². The molecule has 2 heterocycles. The van der Waals surface area contributed by atoms with Crippen molar-refractivity contribution in [3.05, 3.63) is 27.7 Å². The van der Waals surface area contributed by atoms with Gasteiger partial charge in [-0.1, -0.05) is 23.2 Å². The monoisotopic (exact) mass is 389 g/mol. The highest BCUT2D eigenvalue weighted by Crippen LogP contribution is 2.43. The topological polar surface area (TPSA) is 66.8 Å². The van der Waals surface area contributed by atoms with Gasteiger partial charge in [0.05, 0.1) is 27.6 Å². The molecule has 1 amide bonds. The van der Waals surface area contributed by atoms with Gasteiger partial charge in [0, 0.05) is 30.5 Å². The Morgan fingerprint density at radius 3 is 2.75 bits per heavy atom. The van der Waals surface area contributed by atoms with E-state index in [-0.39, 0.29) is 23.4 Å². The summed E-state index contributed by atoms with van der Waals surface area (Å²) >= 11 is 13.7. The van der Waals surface area contributed by atoms with Crippen molar-refractivity contribution in [1.82, 2.24) is 4.90 Å². The van der Waals surface area contributed by atoms with Crippen molar-refractivity contribution in [2.75, 3.05) is 32.6 Å². The van der Waals surface area contributed by atoms with Gasteiger partial charge in [-0.2, -0.15) is 0 Å². The molecule has 0 spiro atoms. The highest BCUT2D eigenvalue weighted by Gasteiger charge is 2.55. The van der Waals surface area contributed by atoms with Gasteiger partial charge < -0.3 is 14.7 Å². The van der Waals surface area contributed by atoms with Crippen LogP contribution < -0.4 is 0 Å². The molecule has 0 aliphatic carbocycles. The molecule has 2 atom stereocenters. The van der Waals surface area contributed by atoms with Gasteiger partial charge in [-0.25, -0.2) is 0 Å². The van der Waals surface area contributed by atoms with Gasteiger partial charge in [0.15, 0.2) is 0 Å². The van der Waals surface area contributed by atoms with Gasteiger partial charge in [0.25, 0.3) is 5.91 Å². The summed E-state index contributed by atoms with van der Waals surface area (Å²) in [7, 11) is 0. The molecule has 0 bridgehead atoms. The van der Waals surface area contributed by atoms with Crippen LogP contribution in [0.2, 0.25) is 10.0 Å². The number of likely N-dealkylation sites (tertiary alicyclic amines) is 1. The van der Waals surface area contributed by atoms with E-state index in [1.165, 1.54) is 11.8 Å². The quantitative estimate of drug-likeness (QED) is 0.803.